The minimum Gasteiger partial charge on any atom is -0.481 e. The van der Waals surface area contributed by atoms with Gasteiger partial charge in [0.25, 0.3) is 0 Å². The molecule has 6 heteroatoms. The lowest BCUT2D eigenvalue weighted by molar-refractivity contribution is -0.138. The van der Waals surface area contributed by atoms with Crippen molar-refractivity contribution in [2.45, 2.75) is 38.7 Å². The number of nitrogens with one attached hydrogen (secondary N) is 1. The van der Waals surface area contributed by atoms with E-state index in [1.165, 1.54) is 0 Å². The summed E-state index contributed by atoms with van der Waals surface area (Å²) in [5.41, 5.74) is 0.739. The second-order valence-corrected chi connectivity index (χ2v) is 6.56. The van der Waals surface area contributed by atoms with Crippen molar-refractivity contribution in [1.82, 2.24) is 0 Å². The Labute approximate surface area is 128 Å². The van der Waals surface area contributed by atoms with Gasteiger partial charge in [0.15, 0.2) is 0 Å². The first-order chi connectivity index (χ1) is 9.67. The number of carboxylic acids is 1. The molecule has 114 valence electrons. The third-order valence-electron chi connectivity index (χ3n) is 3.16. The van der Waals surface area contributed by atoms with Gasteiger partial charge < -0.3 is 9.84 Å². The highest BCUT2D eigenvalue weighted by Crippen LogP contribution is 2.48. The average molecular weight is 312 g/mol. The molecule has 21 heavy (non-hydrogen) atoms. The van der Waals surface area contributed by atoms with E-state index < -0.39 is 17.7 Å². The van der Waals surface area contributed by atoms with E-state index in [0.717, 1.165) is 5.56 Å². The summed E-state index contributed by atoms with van der Waals surface area (Å²) < 4.78 is 5.15. The van der Waals surface area contributed by atoms with Crippen LogP contribution >= 0.6 is 11.6 Å². The van der Waals surface area contributed by atoms with Gasteiger partial charge in [0.2, 0.25) is 0 Å². The smallest absolute Gasteiger partial charge is 0.412 e. The van der Waals surface area contributed by atoms with E-state index in [-0.39, 0.29) is 11.8 Å². The lowest BCUT2D eigenvalue weighted by atomic mass is 10.1. The van der Waals surface area contributed by atoms with E-state index in [9.17, 15) is 9.59 Å². The van der Waals surface area contributed by atoms with E-state index in [0.29, 0.717) is 17.1 Å². The largest absolute Gasteiger partial charge is 0.481 e. The van der Waals surface area contributed by atoms with Crippen LogP contribution in [0.3, 0.4) is 0 Å². The Hall–Kier alpha value is -1.75. The van der Waals surface area contributed by atoms with Gasteiger partial charge in [0.05, 0.1) is 16.6 Å². The molecule has 0 unspecified atom stereocenters. The van der Waals surface area contributed by atoms with Crippen molar-refractivity contribution in [3.63, 3.8) is 0 Å². The molecule has 5 nitrogen and oxygen atoms in total. The van der Waals surface area contributed by atoms with Crippen LogP contribution in [0.4, 0.5) is 10.5 Å². The van der Waals surface area contributed by atoms with Crippen LogP contribution < -0.4 is 5.32 Å². The maximum Gasteiger partial charge on any atom is 0.412 e. The van der Waals surface area contributed by atoms with Gasteiger partial charge >= 0.3 is 12.1 Å². The molecule has 2 rings (SSSR count). The van der Waals surface area contributed by atoms with Crippen LogP contribution in [-0.2, 0) is 9.53 Å². The number of carbonyl (C=O) groups is 2. The molecule has 0 radical (unpaired) electrons. The SMILES string of the molecule is CC(C)(C)OC(=O)Nc1ccc([C@@H]2C[C@H]2C(=O)O)cc1Cl. The second-order valence-electron chi connectivity index (χ2n) is 6.15. The summed E-state index contributed by atoms with van der Waals surface area (Å²) in [6.45, 7) is 5.32. The Bertz CT molecular complexity index is 580. The Kier molecular flexibility index (Phi) is 4.14. The molecule has 0 bridgehead atoms. The number of aliphatic carboxylic acids is 1. The predicted molar refractivity (Wildman–Crippen MR) is 79.8 cm³/mol. The predicted octanol–water partition coefficient (Wildman–Crippen LogP) is 3.88. The zero-order valence-corrected chi connectivity index (χ0v) is 12.9. The maximum atomic E-state index is 11.7. The fourth-order valence-corrected chi connectivity index (χ4v) is 2.35. The molecule has 0 heterocycles. The number of hydrogen-bond donors (Lipinski definition) is 2. The summed E-state index contributed by atoms with van der Waals surface area (Å²) in [6, 6.07) is 5.15. The maximum absolute atomic E-state index is 11.7. The highest BCUT2D eigenvalue weighted by atomic mass is 35.5. The summed E-state index contributed by atoms with van der Waals surface area (Å²) in [5.74, 6) is -1.10. The minimum absolute atomic E-state index is 0.00979. The number of hydrogen-bond acceptors (Lipinski definition) is 3. The Balaban J connectivity index is 2.03. The molecule has 1 aromatic carbocycles. The second kappa shape index (κ2) is 5.56. The summed E-state index contributed by atoms with van der Waals surface area (Å²) >= 11 is 6.13. The van der Waals surface area contributed by atoms with Gasteiger partial charge in [-0.25, -0.2) is 4.79 Å². The lowest BCUT2D eigenvalue weighted by Crippen LogP contribution is -2.27. The van der Waals surface area contributed by atoms with Crippen molar-refractivity contribution in [3.8, 4) is 0 Å². The molecular formula is C15H18ClNO4. The van der Waals surface area contributed by atoms with Crippen LogP contribution in [0, 0.1) is 5.92 Å². The molecule has 0 spiro atoms. The number of ether oxygens (including phenoxy) is 1. The summed E-state index contributed by atoms with van der Waals surface area (Å²) in [6.07, 6.45) is 0.0526. The molecule has 1 aliphatic rings. The van der Waals surface area contributed by atoms with Crippen molar-refractivity contribution in [1.29, 1.82) is 0 Å². The number of halogens is 1. The van der Waals surface area contributed by atoms with Gasteiger partial charge in [-0.2, -0.15) is 0 Å². The van der Waals surface area contributed by atoms with E-state index in [4.69, 9.17) is 21.4 Å². The van der Waals surface area contributed by atoms with Crippen LogP contribution in [-0.4, -0.2) is 22.8 Å². The van der Waals surface area contributed by atoms with Gasteiger partial charge in [0, 0.05) is 0 Å². The van der Waals surface area contributed by atoms with Gasteiger partial charge in [-0.15, -0.1) is 0 Å². The van der Waals surface area contributed by atoms with Gasteiger partial charge in [-0.1, -0.05) is 17.7 Å². The average Bonchev–Trinajstić information content (AvgIpc) is 3.09. The van der Waals surface area contributed by atoms with Crippen LogP contribution in [0.5, 0.6) is 0 Å². The van der Waals surface area contributed by atoms with Crippen molar-refractivity contribution in [3.05, 3.63) is 28.8 Å². The number of amides is 1. The fourth-order valence-electron chi connectivity index (χ4n) is 2.11. The number of carbonyl (C=O) groups excluding carboxylic acids is 1. The van der Waals surface area contributed by atoms with Gasteiger partial charge in [-0.05, 0) is 50.8 Å². The van der Waals surface area contributed by atoms with Crippen LogP contribution in [0.1, 0.15) is 38.7 Å². The lowest BCUT2D eigenvalue weighted by Gasteiger charge is -2.20. The number of carboxylic acid groups (broad SMARTS) is 1. The van der Waals surface area contributed by atoms with E-state index in [1.807, 2.05) is 0 Å². The van der Waals surface area contributed by atoms with Crippen LogP contribution in [0.15, 0.2) is 18.2 Å². The van der Waals surface area contributed by atoms with Crippen molar-refractivity contribution >= 4 is 29.4 Å². The Morgan fingerprint density at radius 2 is 2.05 bits per heavy atom. The molecular weight excluding hydrogens is 294 g/mol. The Morgan fingerprint density at radius 1 is 1.38 bits per heavy atom. The quantitative estimate of drug-likeness (QED) is 0.888. The number of benzene rings is 1. The minimum atomic E-state index is -0.785. The standard InChI is InChI=1S/C15H18ClNO4/c1-15(2,3)21-14(20)17-12-5-4-8(6-11(12)16)9-7-10(9)13(18)19/h4-6,9-10H,7H2,1-3H3,(H,17,20)(H,18,19)/t9-,10+/m0/s1. The third-order valence-corrected chi connectivity index (χ3v) is 3.48. The molecule has 2 N–H and O–H groups in total. The number of rotatable bonds is 3. The topological polar surface area (TPSA) is 75.6 Å². The first-order valence-electron chi connectivity index (χ1n) is 6.69. The molecule has 1 fully saturated rings. The molecule has 0 aliphatic heterocycles. The highest BCUT2D eigenvalue weighted by molar-refractivity contribution is 6.33. The summed E-state index contributed by atoms with van der Waals surface area (Å²) in [5, 5.41) is 11.9. The van der Waals surface area contributed by atoms with Crippen molar-refractivity contribution in [2.24, 2.45) is 5.92 Å². The normalized spacial score (nSPS) is 20.8. The van der Waals surface area contributed by atoms with Crippen LogP contribution in [0.2, 0.25) is 5.02 Å². The molecule has 1 amide bonds. The summed E-state index contributed by atoms with van der Waals surface area (Å²) in [7, 11) is 0. The van der Waals surface area contributed by atoms with E-state index >= 15 is 0 Å². The molecule has 0 saturated heterocycles. The molecule has 1 saturated carbocycles. The number of anilines is 1. The molecule has 1 aromatic rings. The monoisotopic (exact) mass is 311 g/mol. The molecule has 0 aromatic heterocycles. The van der Waals surface area contributed by atoms with E-state index in [2.05, 4.69) is 5.32 Å². The zero-order chi connectivity index (χ0) is 15.8. The highest BCUT2D eigenvalue weighted by Gasteiger charge is 2.44. The van der Waals surface area contributed by atoms with Gasteiger partial charge in [0.1, 0.15) is 5.60 Å². The first kappa shape index (κ1) is 15.6. The van der Waals surface area contributed by atoms with Crippen molar-refractivity contribution in [2.75, 3.05) is 5.32 Å². The third kappa shape index (κ3) is 4.11. The van der Waals surface area contributed by atoms with Crippen LogP contribution in [0.25, 0.3) is 0 Å². The van der Waals surface area contributed by atoms with Crippen molar-refractivity contribution < 1.29 is 19.4 Å². The van der Waals surface area contributed by atoms with Gasteiger partial charge in [-0.3, -0.25) is 10.1 Å². The fraction of sp³-hybridized carbons (Fsp3) is 0.467. The zero-order valence-electron chi connectivity index (χ0n) is 12.1. The Morgan fingerprint density at radius 3 is 2.52 bits per heavy atom. The molecule has 2 atom stereocenters. The molecule has 1 aliphatic carbocycles. The first-order valence-corrected chi connectivity index (χ1v) is 7.07. The summed E-state index contributed by atoms with van der Waals surface area (Å²) in [4.78, 5) is 22.6. The van der Waals surface area contributed by atoms with E-state index in [1.54, 1.807) is 39.0 Å².